The Bertz CT molecular complexity index is 999. The average molecular weight is 404 g/mol. The summed E-state index contributed by atoms with van der Waals surface area (Å²) in [4.78, 5) is 25.6. The number of aryl methyl sites for hydroxylation is 2. The molecule has 2 aromatic rings. The second-order valence-corrected chi connectivity index (χ2v) is 8.41. The highest BCUT2D eigenvalue weighted by molar-refractivity contribution is 7.92. The summed E-state index contributed by atoms with van der Waals surface area (Å²) in [5.74, 6) is -1.12. The first-order valence-corrected chi connectivity index (χ1v) is 10.1. The van der Waals surface area contributed by atoms with Crippen LogP contribution in [0, 0.1) is 13.8 Å². The van der Waals surface area contributed by atoms with Gasteiger partial charge in [0.2, 0.25) is 0 Å². The molecule has 150 valence electrons. The van der Waals surface area contributed by atoms with Crippen molar-refractivity contribution in [1.29, 1.82) is 0 Å². The zero-order valence-corrected chi connectivity index (χ0v) is 17.3. The Hall–Kier alpha value is -2.87. The Kier molecular flexibility index (Phi) is 6.45. The van der Waals surface area contributed by atoms with E-state index < -0.39 is 22.1 Å². The second-order valence-electron chi connectivity index (χ2n) is 6.73. The zero-order chi connectivity index (χ0) is 21.1. The predicted octanol–water partition coefficient (Wildman–Crippen LogP) is 2.74. The largest absolute Gasteiger partial charge is 0.449 e. The lowest BCUT2D eigenvalue weighted by atomic mass is 10.1. The number of hydrogen-bond acceptors (Lipinski definition) is 5. The minimum atomic E-state index is -3.89. The summed E-state index contributed by atoms with van der Waals surface area (Å²) >= 11 is 0. The van der Waals surface area contributed by atoms with Crippen LogP contribution in [0.1, 0.15) is 28.4 Å². The molecule has 0 aliphatic heterocycles. The van der Waals surface area contributed by atoms with Crippen molar-refractivity contribution in [3.8, 4) is 0 Å². The average Bonchev–Trinajstić information content (AvgIpc) is 2.60. The molecular formula is C20H24N2O5S. The van der Waals surface area contributed by atoms with Gasteiger partial charge in [-0.15, -0.1) is 0 Å². The fraction of sp³-hybridized carbons (Fsp3) is 0.300. The molecule has 0 radical (unpaired) electrons. The van der Waals surface area contributed by atoms with Gasteiger partial charge < -0.3 is 9.64 Å². The molecule has 0 saturated carbocycles. The first kappa shape index (κ1) is 21.4. The normalized spacial score (nSPS) is 12.2. The van der Waals surface area contributed by atoms with E-state index >= 15 is 0 Å². The molecule has 1 unspecified atom stereocenters. The standard InChI is InChI=1S/C20H24N2O5S/c1-13-7-6-8-16(11-13)21-28(25,26)17-10-9-14(2)18(12-17)20(24)27-15(3)19(23)22(4)5/h6-12,15,21H,1-5H3. The third-order valence-electron chi connectivity index (χ3n) is 4.08. The number of hydrogen-bond donors (Lipinski definition) is 1. The van der Waals surface area contributed by atoms with Crippen molar-refractivity contribution in [2.75, 3.05) is 18.8 Å². The Morgan fingerprint density at radius 3 is 2.36 bits per heavy atom. The molecule has 1 amide bonds. The third kappa shape index (κ3) is 5.10. The lowest BCUT2D eigenvalue weighted by Crippen LogP contribution is -2.35. The van der Waals surface area contributed by atoms with Gasteiger partial charge in [0.15, 0.2) is 6.10 Å². The molecule has 2 rings (SSSR count). The van der Waals surface area contributed by atoms with E-state index in [0.717, 1.165) is 5.56 Å². The summed E-state index contributed by atoms with van der Waals surface area (Å²) in [6.07, 6.45) is -0.979. The van der Waals surface area contributed by atoms with E-state index in [1.165, 1.54) is 30.0 Å². The van der Waals surface area contributed by atoms with Gasteiger partial charge in [-0.05, 0) is 56.2 Å². The molecular weight excluding hydrogens is 380 g/mol. The maximum absolute atomic E-state index is 12.7. The van der Waals surface area contributed by atoms with Crippen molar-refractivity contribution in [3.05, 3.63) is 59.2 Å². The summed E-state index contributed by atoms with van der Waals surface area (Å²) in [7, 11) is -0.779. The van der Waals surface area contributed by atoms with Crippen molar-refractivity contribution in [1.82, 2.24) is 4.90 Å². The Balaban J connectivity index is 2.29. The molecule has 0 fully saturated rings. The Morgan fingerprint density at radius 1 is 1.07 bits per heavy atom. The van der Waals surface area contributed by atoms with Crippen LogP contribution in [-0.4, -0.2) is 45.4 Å². The number of nitrogens with one attached hydrogen (secondary N) is 1. The Labute approximate surface area is 165 Å². The fourth-order valence-electron chi connectivity index (χ4n) is 2.55. The molecule has 0 saturated heterocycles. The van der Waals surface area contributed by atoms with Crippen LogP contribution in [-0.2, 0) is 19.6 Å². The highest BCUT2D eigenvalue weighted by Gasteiger charge is 2.23. The fourth-order valence-corrected chi connectivity index (χ4v) is 3.62. The SMILES string of the molecule is Cc1cccc(NS(=O)(=O)c2ccc(C)c(C(=O)OC(C)C(=O)N(C)C)c2)c1. The van der Waals surface area contributed by atoms with E-state index in [4.69, 9.17) is 4.74 Å². The van der Waals surface area contributed by atoms with Crippen molar-refractivity contribution in [2.45, 2.75) is 31.8 Å². The monoisotopic (exact) mass is 404 g/mol. The minimum Gasteiger partial charge on any atom is -0.449 e. The molecule has 0 spiro atoms. The quantitative estimate of drug-likeness (QED) is 0.748. The minimum absolute atomic E-state index is 0.0712. The van der Waals surface area contributed by atoms with Gasteiger partial charge in [0.05, 0.1) is 10.5 Å². The van der Waals surface area contributed by atoms with Crippen LogP contribution >= 0.6 is 0 Å². The molecule has 0 heterocycles. The van der Waals surface area contributed by atoms with Gasteiger partial charge in [-0.1, -0.05) is 18.2 Å². The van der Waals surface area contributed by atoms with Crippen LogP contribution in [0.25, 0.3) is 0 Å². The van der Waals surface area contributed by atoms with Crippen LogP contribution in [0.15, 0.2) is 47.4 Å². The second kappa shape index (κ2) is 8.43. The summed E-state index contributed by atoms with van der Waals surface area (Å²) in [6, 6.07) is 11.1. The maximum Gasteiger partial charge on any atom is 0.339 e. The van der Waals surface area contributed by atoms with Crippen molar-refractivity contribution in [2.24, 2.45) is 0 Å². The van der Waals surface area contributed by atoms with Crippen LogP contribution in [0.3, 0.4) is 0 Å². The van der Waals surface area contributed by atoms with Crippen LogP contribution in [0.5, 0.6) is 0 Å². The summed E-state index contributed by atoms with van der Waals surface area (Å²) in [5.41, 5.74) is 1.97. The van der Waals surface area contributed by atoms with Crippen molar-refractivity contribution < 1.29 is 22.7 Å². The highest BCUT2D eigenvalue weighted by atomic mass is 32.2. The number of amides is 1. The predicted molar refractivity (Wildman–Crippen MR) is 107 cm³/mol. The van der Waals surface area contributed by atoms with E-state index in [1.54, 1.807) is 39.2 Å². The number of esters is 1. The van der Waals surface area contributed by atoms with Crippen LogP contribution < -0.4 is 4.72 Å². The number of rotatable bonds is 6. The molecule has 0 aromatic heterocycles. The van der Waals surface area contributed by atoms with E-state index in [9.17, 15) is 18.0 Å². The lowest BCUT2D eigenvalue weighted by Gasteiger charge is -2.18. The zero-order valence-electron chi connectivity index (χ0n) is 16.5. The van der Waals surface area contributed by atoms with E-state index in [2.05, 4.69) is 4.72 Å². The van der Waals surface area contributed by atoms with Crippen molar-refractivity contribution >= 4 is 27.6 Å². The topological polar surface area (TPSA) is 92.8 Å². The summed E-state index contributed by atoms with van der Waals surface area (Å²) in [5, 5.41) is 0. The van der Waals surface area contributed by atoms with Gasteiger partial charge in [-0.2, -0.15) is 0 Å². The molecule has 1 atom stereocenters. The smallest absolute Gasteiger partial charge is 0.339 e. The molecule has 0 aliphatic rings. The summed E-state index contributed by atoms with van der Waals surface area (Å²) < 4.78 is 33.1. The lowest BCUT2D eigenvalue weighted by molar-refractivity contribution is -0.137. The van der Waals surface area contributed by atoms with Gasteiger partial charge >= 0.3 is 5.97 Å². The molecule has 7 nitrogen and oxygen atoms in total. The maximum atomic E-state index is 12.7. The van der Waals surface area contributed by atoms with E-state index in [-0.39, 0.29) is 16.4 Å². The van der Waals surface area contributed by atoms with E-state index in [1.807, 2.05) is 13.0 Å². The number of ether oxygens (including phenoxy) is 1. The first-order valence-electron chi connectivity index (χ1n) is 8.63. The number of sulfonamides is 1. The van der Waals surface area contributed by atoms with Gasteiger partial charge in [0.1, 0.15) is 0 Å². The molecule has 28 heavy (non-hydrogen) atoms. The van der Waals surface area contributed by atoms with Crippen LogP contribution in [0.4, 0.5) is 5.69 Å². The third-order valence-corrected chi connectivity index (χ3v) is 5.46. The van der Waals surface area contributed by atoms with Crippen molar-refractivity contribution in [3.63, 3.8) is 0 Å². The van der Waals surface area contributed by atoms with E-state index in [0.29, 0.717) is 11.3 Å². The number of benzene rings is 2. The van der Waals surface area contributed by atoms with Gasteiger partial charge in [0.25, 0.3) is 15.9 Å². The Morgan fingerprint density at radius 2 is 1.75 bits per heavy atom. The number of carbonyl (C=O) groups is 2. The molecule has 1 N–H and O–H groups in total. The summed E-state index contributed by atoms with van der Waals surface area (Å²) in [6.45, 7) is 4.99. The molecule has 8 heteroatoms. The van der Waals surface area contributed by atoms with Crippen LogP contribution in [0.2, 0.25) is 0 Å². The highest BCUT2D eigenvalue weighted by Crippen LogP contribution is 2.21. The molecule has 0 bridgehead atoms. The van der Waals surface area contributed by atoms with Gasteiger partial charge in [-0.3, -0.25) is 9.52 Å². The number of carbonyl (C=O) groups excluding carboxylic acids is 2. The first-order chi connectivity index (χ1) is 13.0. The molecule has 0 aliphatic carbocycles. The van der Waals surface area contributed by atoms with Gasteiger partial charge in [-0.25, -0.2) is 13.2 Å². The number of anilines is 1. The number of nitrogens with zero attached hydrogens (tertiary/aromatic N) is 1. The number of likely N-dealkylation sites (N-methyl/N-ethyl adjacent to an activating group) is 1. The molecule has 2 aromatic carbocycles. The van der Waals surface area contributed by atoms with Gasteiger partial charge in [0, 0.05) is 19.8 Å².